The van der Waals surface area contributed by atoms with Gasteiger partial charge in [-0.1, -0.05) is 55.5 Å². The van der Waals surface area contributed by atoms with Crippen molar-refractivity contribution in [2.24, 2.45) is 9.98 Å². The summed E-state index contributed by atoms with van der Waals surface area (Å²) >= 11 is 0. The third kappa shape index (κ3) is 4.12. The Morgan fingerprint density at radius 1 is 0.829 bits per heavy atom. The number of fused-ring (bicyclic) bond motifs is 4. The fourth-order valence-corrected chi connectivity index (χ4v) is 5.53. The molecule has 41 heavy (non-hydrogen) atoms. The van der Waals surface area contributed by atoms with E-state index in [2.05, 4.69) is 41.4 Å². The minimum absolute atomic E-state index is 0.172. The molecule has 0 saturated heterocycles. The van der Waals surface area contributed by atoms with Crippen LogP contribution in [0, 0.1) is 6.92 Å². The average Bonchev–Trinajstić information content (AvgIpc) is 3.34. The number of aromatic nitrogens is 2. The highest BCUT2D eigenvalue weighted by molar-refractivity contribution is 6.51. The molecule has 2 aliphatic heterocycles. The molecule has 1 aromatic heterocycles. The summed E-state index contributed by atoms with van der Waals surface area (Å²) < 4.78 is 1.86. The van der Waals surface area contributed by atoms with Crippen molar-refractivity contribution in [3.63, 3.8) is 0 Å². The third-order valence-electron chi connectivity index (χ3n) is 7.58. The van der Waals surface area contributed by atoms with Crippen LogP contribution in [0.1, 0.15) is 35.3 Å². The van der Waals surface area contributed by atoms with Crippen LogP contribution >= 0.6 is 0 Å². The number of benzene rings is 4. The molecule has 3 heterocycles. The summed E-state index contributed by atoms with van der Waals surface area (Å²) in [6, 6.07) is 30.7. The summed E-state index contributed by atoms with van der Waals surface area (Å²) in [4.78, 5) is 12.4. The number of para-hydroxylation sites is 3. The lowest BCUT2D eigenvalue weighted by atomic mass is 9.93. The number of aliphatic imine (C=N–C) groups is 2. The van der Waals surface area contributed by atoms with Gasteiger partial charge in [0, 0.05) is 11.3 Å². The molecule has 0 unspecified atom stereocenters. The van der Waals surface area contributed by atoms with Crippen molar-refractivity contribution in [1.82, 2.24) is 9.78 Å². The monoisotopic (exact) mass is 540 g/mol. The van der Waals surface area contributed by atoms with Gasteiger partial charge >= 0.3 is 0 Å². The average molecular weight is 541 g/mol. The number of hydrogen-bond acceptors (Lipinski definition) is 7. The molecule has 0 fully saturated rings. The molecule has 8 nitrogen and oxygen atoms in total. The number of anilines is 2. The van der Waals surface area contributed by atoms with Crippen LogP contribution in [0.5, 0.6) is 11.5 Å². The van der Waals surface area contributed by atoms with Crippen LogP contribution in [0.25, 0.3) is 5.69 Å². The van der Waals surface area contributed by atoms with Gasteiger partial charge in [0.15, 0.2) is 29.0 Å². The van der Waals surface area contributed by atoms with Crippen molar-refractivity contribution in [2.75, 3.05) is 10.2 Å². The second-order valence-electron chi connectivity index (χ2n) is 10.2. The second-order valence-corrected chi connectivity index (χ2v) is 10.2. The van der Waals surface area contributed by atoms with Gasteiger partial charge in [0.2, 0.25) is 0 Å². The second kappa shape index (κ2) is 9.67. The predicted octanol–water partition coefficient (Wildman–Crippen LogP) is 6.95. The van der Waals surface area contributed by atoms with Gasteiger partial charge in [-0.3, -0.25) is 0 Å². The molecule has 5 aromatic rings. The van der Waals surface area contributed by atoms with E-state index in [1.54, 1.807) is 6.07 Å². The summed E-state index contributed by atoms with van der Waals surface area (Å²) in [5.74, 6) is 1.56. The molecule has 1 atom stereocenters. The lowest BCUT2D eigenvalue weighted by molar-refractivity contribution is 0.403. The van der Waals surface area contributed by atoms with E-state index in [1.165, 1.54) is 11.6 Å². The van der Waals surface area contributed by atoms with Gasteiger partial charge in [0.05, 0.1) is 28.8 Å². The van der Waals surface area contributed by atoms with E-state index >= 15 is 0 Å². The summed E-state index contributed by atoms with van der Waals surface area (Å²) in [6.07, 6.45) is 0.960. The number of rotatable bonds is 4. The first-order chi connectivity index (χ1) is 20.0. The lowest BCUT2D eigenvalue weighted by Gasteiger charge is -2.40. The topological polar surface area (TPSA) is 98.3 Å². The number of phenols is 2. The molecule has 0 spiro atoms. The summed E-state index contributed by atoms with van der Waals surface area (Å²) in [5.41, 5.74) is 7.23. The SMILES string of the molecule is CCc1ccc(NC2=Nc3ccccc3N3C2=Nc2c(c(C)nn2-c2ccccc2)[C@H]3c2ccc(O)c(O)c2)cc1. The zero-order chi connectivity index (χ0) is 28.1. The van der Waals surface area contributed by atoms with Crippen LogP contribution in [-0.2, 0) is 6.42 Å². The molecular weight excluding hydrogens is 512 g/mol. The maximum Gasteiger partial charge on any atom is 0.179 e. The Morgan fingerprint density at radius 2 is 1.59 bits per heavy atom. The summed E-state index contributed by atoms with van der Waals surface area (Å²) in [5, 5.41) is 29.2. The molecule has 0 aliphatic carbocycles. The molecule has 0 radical (unpaired) electrons. The first kappa shape index (κ1) is 24.7. The zero-order valence-corrected chi connectivity index (χ0v) is 22.7. The molecular formula is C33H28N6O2. The van der Waals surface area contributed by atoms with Crippen LogP contribution in [0.4, 0.5) is 22.9 Å². The van der Waals surface area contributed by atoms with Gasteiger partial charge in [-0.05, 0) is 73.0 Å². The van der Waals surface area contributed by atoms with E-state index in [4.69, 9.17) is 15.1 Å². The maximum atomic E-state index is 10.6. The number of nitrogens with one attached hydrogen (secondary N) is 1. The number of aromatic hydroxyl groups is 2. The zero-order valence-electron chi connectivity index (χ0n) is 22.7. The van der Waals surface area contributed by atoms with Crippen molar-refractivity contribution >= 4 is 34.6 Å². The minimum Gasteiger partial charge on any atom is -0.504 e. The smallest absolute Gasteiger partial charge is 0.179 e. The fourth-order valence-electron chi connectivity index (χ4n) is 5.53. The quantitative estimate of drug-likeness (QED) is 0.214. The standard InChI is InChI=1S/C33H28N6O2/c1-3-21-13-16-23(17-14-21)34-31-33-36-32-29(20(2)37-39(32)24-9-5-4-6-10-24)30(22-15-18-27(40)28(41)19-22)38(33)26-12-8-7-11-25(26)35-31/h4-19,30,40-41H,3H2,1-2H3,(H,34,35)/t30-/m1/s1. The molecule has 4 aromatic carbocycles. The van der Waals surface area contributed by atoms with Crippen molar-refractivity contribution in [2.45, 2.75) is 26.3 Å². The molecule has 7 rings (SSSR count). The van der Waals surface area contributed by atoms with Crippen LogP contribution in [0.15, 0.2) is 107 Å². The Hall–Kier alpha value is -5.37. The third-order valence-corrected chi connectivity index (χ3v) is 7.58. The Morgan fingerprint density at radius 3 is 2.34 bits per heavy atom. The molecule has 8 heteroatoms. The molecule has 202 valence electrons. The van der Waals surface area contributed by atoms with Gasteiger partial charge < -0.3 is 20.4 Å². The summed E-state index contributed by atoms with van der Waals surface area (Å²) in [6.45, 7) is 4.11. The van der Waals surface area contributed by atoms with Gasteiger partial charge in [0.25, 0.3) is 0 Å². The fraction of sp³-hybridized carbons (Fsp3) is 0.121. The van der Waals surface area contributed by atoms with E-state index in [0.717, 1.165) is 46.0 Å². The van der Waals surface area contributed by atoms with Crippen molar-refractivity contribution in [3.05, 3.63) is 119 Å². The van der Waals surface area contributed by atoms with Crippen LogP contribution < -0.4 is 10.2 Å². The largest absolute Gasteiger partial charge is 0.504 e. The van der Waals surface area contributed by atoms with Crippen molar-refractivity contribution < 1.29 is 10.2 Å². The van der Waals surface area contributed by atoms with Gasteiger partial charge in [-0.15, -0.1) is 0 Å². The Balaban J connectivity index is 1.48. The summed E-state index contributed by atoms with van der Waals surface area (Å²) in [7, 11) is 0. The van der Waals surface area contributed by atoms with E-state index < -0.39 is 6.04 Å². The predicted molar refractivity (Wildman–Crippen MR) is 162 cm³/mol. The van der Waals surface area contributed by atoms with Gasteiger partial charge in [0.1, 0.15) is 0 Å². The van der Waals surface area contributed by atoms with E-state index in [-0.39, 0.29) is 11.5 Å². The number of nitrogens with zero attached hydrogens (tertiary/aromatic N) is 5. The number of aryl methyl sites for hydroxylation is 2. The molecule has 0 bridgehead atoms. The van der Waals surface area contributed by atoms with Crippen LogP contribution in [-0.4, -0.2) is 31.7 Å². The number of amidine groups is 2. The Kier molecular flexibility index (Phi) is 5.82. The normalized spacial score (nSPS) is 15.4. The highest BCUT2D eigenvalue weighted by Crippen LogP contribution is 2.49. The lowest BCUT2D eigenvalue weighted by Crippen LogP contribution is -2.46. The van der Waals surface area contributed by atoms with Crippen molar-refractivity contribution in [3.8, 4) is 17.2 Å². The number of hydrogen-bond donors (Lipinski definition) is 3. The van der Waals surface area contributed by atoms with Crippen LogP contribution in [0.3, 0.4) is 0 Å². The van der Waals surface area contributed by atoms with E-state index in [0.29, 0.717) is 17.5 Å². The minimum atomic E-state index is -0.405. The highest BCUT2D eigenvalue weighted by atomic mass is 16.3. The first-order valence-electron chi connectivity index (χ1n) is 13.6. The number of phenolic OH excluding ortho intramolecular Hbond substituents is 2. The van der Waals surface area contributed by atoms with E-state index in [9.17, 15) is 10.2 Å². The molecule has 3 N–H and O–H groups in total. The van der Waals surface area contributed by atoms with E-state index in [1.807, 2.05) is 72.3 Å². The molecule has 0 amide bonds. The Labute approximate surface area is 237 Å². The van der Waals surface area contributed by atoms with Crippen molar-refractivity contribution in [1.29, 1.82) is 0 Å². The molecule has 2 aliphatic rings. The van der Waals surface area contributed by atoms with Gasteiger partial charge in [-0.25, -0.2) is 14.7 Å². The van der Waals surface area contributed by atoms with Gasteiger partial charge in [-0.2, -0.15) is 5.10 Å². The Bertz CT molecular complexity index is 1840. The molecule has 0 saturated carbocycles. The highest BCUT2D eigenvalue weighted by Gasteiger charge is 2.41. The maximum absolute atomic E-state index is 10.6. The van der Waals surface area contributed by atoms with Crippen LogP contribution in [0.2, 0.25) is 0 Å². The first-order valence-corrected chi connectivity index (χ1v) is 13.6.